The molecule has 0 aliphatic heterocycles. The quantitative estimate of drug-likeness (QED) is 0.869. The lowest BCUT2D eigenvalue weighted by Crippen LogP contribution is -2.19. The van der Waals surface area contributed by atoms with Crippen LogP contribution >= 0.6 is 11.3 Å². The van der Waals surface area contributed by atoms with Crippen LogP contribution in [0.4, 0.5) is 4.39 Å². The Morgan fingerprint density at radius 3 is 2.84 bits per heavy atom. The second-order valence-corrected chi connectivity index (χ2v) is 6.02. The Morgan fingerprint density at radius 2 is 2.16 bits per heavy atom. The van der Waals surface area contributed by atoms with Crippen molar-refractivity contribution in [1.82, 2.24) is 10.2 Å². The zero-order valence-electron chi connectivity index (χ0n) is 11.8. The van der Waals surface area contributed by atoms with Crippen molar-refractivity contribution < 1.29 is 4.39 Å². The Morgan fingerprint density at radius 1 is 1.37 bits per heavy atom. The number of nitrogens with zero attached hydrogens (tertiary/aromatic N) is 1. The molecule has 0 aliphatic rings. The summed E-state index contributed by atoms with van der Waals surface area (Å²) in [6.07, 6.45) is 1.11. The average molecular weight is 280 g/mol. The predicted molar refractivity (Wildman–Crippen MR) is 81.2 cm³/mol. The van der Waals surface area contributed by atoms with E-state index >= 15 is 0 Å². The van der Waals surface area contributed by atoms with E-state index in [0.717, 1.165) is 41.7 Å². The molecule has 0 saturated carbocycles. The van der Waals surface area contributed by atoms with Crippen molar-refractivity contribution in [3.05, 3.63) is 34.5 Å². The normalized spacial score (nSPS) is 11.6. The highest BCUT2D eigenvalue weighted by Crippen LogP contribution is 2.33. The molecular weight excluding hydrogens is 259 g/mol. The van der Waals surface area contributed by atoms with Gasteiger partial charge in [-0.15, -0.1) is 11.3 Å². The van der Waals surface area contributed by atoms with E-state index in [0.29, 0.717) is 0 Å². The first-order valence-electron chi connectivity index (χ1n) is 6.69. The van der Waals surface area contributed by atoms with Crippen LogP contribution in [0, 0.1) is 5.82 Å². The maximum atomic E-state index is 14.1. The van der Waals surface area contributed by atoms with Gasteiger partial charge in [0.2, 0.25) is 0 Å². The summed E-state index contributed by atoms with van der Waals surface area (Å²) in [7, 11) is 4.03. The number of hydrogen-bond donors (Lipinski definition) is 1. The first kappa shape index (κ1) is 14.4. The second kappa shape index (κ2) is 6.46. The number of fused-ring (bicyclic) bond motifs is 1. The van der Waals surface area contributed by atoms with E-state index in [1.165, 1.54) is 4.88 Å². The van der Waals surface area contributed by atoms with Gasteiger partial charge in [0.1, 0.15) is 5.82 Å². The van der Waals surface area contributed by atoms with Crippen molar-refractivity contribution in [1.29, 1.82) is 0 Å². The smallest absolute Gasteiger partial charge is 0.132 e. The number of thiophene rings is 1. The standard InChI is InChI=1S/C15H21FN2S/c1-4-8-18(3)10-11-14(9-17-2)19-13-7-5-6-12(16)15(11)13/h5-7,17H,4,8-10H2,1-3H3. The van der Waals surface area contributed by atoms with Crippen LogP contribution in [0.3, 0.4) is 0 Å². The largest absolute Gasteiger partial charge is 0.315 e. The summed E-state index contributed by atoms with van der Waals surface area (Å²) in [5, 5.41) is 3.99. The molecule has 1 aromatic heterocycles. The lowest BCUT2D eigenvalue weighted by molar-refractivity contribution is 0.328. The van der Waals surface area contributed by atoms with E-state index in [1.54, 1.807) is 23.5 Å². The third-order valence-corrected chi connectivity index (χ3v) is 4.41. The molecule has 2 nitrogen and oxygen atoms in total. The molecule has 0 amide bonds. The molecular formula is C15H21FN2S. The Labute approximate surface area is 118 Å². The van der Waals surface area contributed by atoms with Crippen molar-refractivity contribution in [3.8, 4) is 0 Å². The number of rotatable bonds is 6. The van der Waals surface area contributed by atoms with Crippen molar-refractivity contribution in [2.24, 2.45) is 0 Å². The van der Waals surface area contributed by atoms with E-state index in [1.807, 2.05) is 13.1 Å². The highest BCUT2D eigenvalue weighted by molar-refractivity contribution is 7.19. The first-order chi connectivity index (χ1) is 9.17. The van der Waals surface area contributed by atoms with Gasteiger partial charge in [-0.25, -0.2) is 4.39 Å². The van der Waals surface area contributed by atoms with Crippen LogP contribution in [-0.4, -0.2) is 25.5 Å². The summed E-state index contributed by atoms with van der Waals surface area (Å²) in [6, 6.07) is 5.35. The zero-order valence-corrected chi connectivity index (χ0v) is 12.6. The summed E-state index contributed by atoms with van der Waals surface area (Å²) in [4.78, 5) is 3.50. The van der Waals surface area contributed by atoms with Gasteiger partial charge in [-0.1, -0.05) is 13.0 Å². The molecule has 2 aromatic rings. The first-order valence-corrected chi connectivity index (χ1v) is 7.51. The monoisotopic (exact) mass is 280 g/mol. The lowest BCUT2D eigenvalue weighted by Gasteiger charge is -2.16. The Bertz CT molecular complexity index is 550. The molecule has 0 atom stereocenters. The maximum Gasteiger partial charge on any atom is 0.132 e. The molecule has 19 heavy (non-hydrogen) atoms. The van der Waals surface area contributed by atoms with Crippen molar-refractivity contribution in [2.45, 2.75) is 26.4 Å². The highest BCUT2D eigenvalue weighted by Gasteiger charge is 2.16. The fourth-order valence-corrected chi connectivity index (χ4v) is 3.66. The molecule has 0 bridgehead atoms. The number of hydrogen-bond acceptors (Lipinski definition) is 3. The van der Waals surface area contributed by atoms with Gasteiger partial charge in [0.15, 0.2) is 0 Å². The summed E-state index contributed by atoms with van der Waals surface area (Å²) in [5.74, 6) is -0.101. The summed E-state index contributed by atoms with van der Waals surface area (Å²) >= 11 is 1.69. The van der Waals surface area contributed by atoms with Crippen LogP contribution in [0.1, 0.15) is 23.8 Å². The summed E-state index contributed by atoms with van der Waals surface area (Å²) < 4.78 is 15.2. The van der Waals surface area contributed by atoms with Gasteiger partial charge in [0, 0.05) is 28.1 Å². The summed E-state index contributed by atoms with van der Waals surface area (Å²) in [6.45, 7) is 4.81. The second-order valence-electron chi connectivity index (χ2n) is 4.88. The fourth-order valence-electron chi connectivity index (χ4n) is 2.42. The molecule has 1 N–H and O–H groups in total. The maximum absolute atomic E-state index is 14.1. The number of benzene rings is 1. The van der Waals surface area contributed by atoms with Gasteiger partial charge >= 0.3 is 0 Å². The molecule has 1 aromatic carbocycles. The minimum atomic E-state index is -0.101. The van der Waals surface area contributed by atoms with Crippen LogP contribution in [0.25, 0.3) is 10.1 Å². The molecule has 0 unspecified atom stereocenters. The van der Waals surface area contributed by atoms with Crippen molar-refractivity contribution in [2.75, 3.05) is 20.6 Å². The van der Waals surface area contributed by atoms with E-state index < -0.39 is 0 Å². The van der Waals surface area contributed by atoms with E-state index in [9.17, 15) is 4.39 Å². The van der Waals surface area contributed by atoms with Crippen LogP contribution in [0.5, 0.6) is 0 Å². The molecule has 104 valence electrons. The van der Waals surface area contributed by atoms with Gasteiger partial charge < -0.3 is 10.2 Å². The van der Waals surface area contributed by atoms with Gasteiger partial charge in [-0.05, 0) is 44.8 Å². The Kier molecular flexibility index (Phi) is 4.91. The van der Waals surface area contributed by atoms with Crippen molar-refractivity contribution in [3.63, 3.8) is 0 Å². The molecule has 0 spiro atoms. The van der Waals surface area contributed by atoms with E-state index in [-0.39, 0.29) is 5.82 Å². The van der Waals surface area contributed by atoms with Gasteiger partial charge in [0.05, 0.1) is 0 Å². The van der Waals surface area contributed by atoms with Crippen LogP contribution in [0.2, 0.25) is 0 Å². The molecule has 0 fully saturated rings. The minimum absolute atomic E-state index is 0.101. The van der Waals surface area contributed by atoms with Crippen LogP contribution < -0.4 is 5.32 Å². The zero-order chi connectivity index (χ0) is 13.8. The molecule has 0 aliphatic carbocycles. The fraction of sp³-hybridized carbons (Fsp3) is 0.467. The number of nitrogens with one attached hydrogen (secondary N) is 1. The van der Waals surface area contributed by atoms with E-state index in [4.69, 9.17) is 0 Å². The molecule has 1 heterocycles. The molecule has 0 saturated heterocycles. The van der Waals surface area contributed by atoms with E-state index in [2.05, 4.69) is 24.2 Å². The molecule has 2 rings (SSSR count). The topological polar surface area (TPSA) is 15.3 Å². The third-order valence-electron chi connectivity index (χ3n) is 3.22. The Balaban J connectivity index is 2.44. The van der Waals surface area contributed by atoms with Crippen molar-refractivity contribution >= 4 is 21.4 Å². The molecule has 4 heteroatoms. The highest BCUT2D eigenvalue weighted by atomic mass is 32.1. The number of halogens is 1. The van der Waals surface area contributed by atoms with Gasteiger partial charge in [-0.2, -0.15) is 0 Å². The van der Waals surface area contributed by atoms with Crippen LogP contribution in [-0.2, 0) is 13.1 Å². The molecule has 0 radical (unpaired) electrons. The minimum Gasteiger partial charge on any atom is -0.315 e. The van der Waals surface area contributed by atoms with Crippen LogP contribution in [0.15, 0.2) is 18.2 Å². The average Bonchev–Trinajstić information content (AvgIpc) is 2.70. The van der Waals surface area contributed by atoms with Gasteiger partial charge in [0.25, 0.3) is 0 Å². The Hall–Kier alpha value is -0.970. The predicted octanol–water partition coefficient (Wildman–Crippen LogP) is 3.60. The SMILES string of the molecule is CCCN(C)Cc1c(CNC)sc2cccc(F)c12. The van der Waals surface area contributed by atoms with Gasteiger partial charge in [-0.3, -0.25) is 0 Å². The summed E-state index contributed by atoms with van der Waals surface area (Å²) in [5.41, 5.74) is 1.14. The third kappa shape index (κ3) is 3.14. The lowest BCUT2D eigenvalue weighted by atomic mass is 10.1.